The lowest BCUT2D eigenvalue weighted by atomic mass is 10.1. The Balaban J connectivity index is 4.25. The average molecular weight is 754 g/mol. The van der Waals surface area contributed by atoms with E-state index in [0.29, 0.717) is 6.42 Å². The van der Waals surface area contributed by atoms with Crippen molar-refractivity contribution >= 4 is 19.8 Å². The lowest BCUT2D eigenvalue weighted by molar-refractivity contribution is -0.161. The summed E-state index contributed by atoms with van der Waals surface area (Å²) in [6, 6.07) is 0. The summed E-state index contributed by atoms with van der Waals surface area (Å²) in [5.41, 5.74) is 5.34. The van der Waals surface area contributed by atoms with Crippen LogP contribution in [0.1, 0.15) is 174 Å². The van der Waals surface area contributed by atoms with Crippen LogP contribution in [0.25, 0.3) is 0 Å². The Bertz CT molecular complexity index is 996. The van der Waals surface area contributed by atoms with E-state index in [1.807, 2.05) is 0 Å². The minimum Gasteiger partial charge on any atom is -0.462 e. The molecule has 0 bridgehead atoms. The molecule has 0 aromatic rings. The molecule has 0 spiro atoms. The van der Waals surface area contributed by atoms with Crippen molar-refractivity contribution in [3.05, 3.63) is 48.6 Å². The second-order valence-electron chi connectivity index (χ2n) is 13.5. The zero-order valence-electron chi connectivity index (χ0n) is 33.0. The highest BCUT2D eigenvalue weighted by Crippen LogP contribution is 2.43. The van der Waals surface area contributed by atoms with Gasteiger partial charge in [-0.3, -0.25) is 18.6 Å². The first kappa shape index (κ1) is 50.0. The van der Waals surface area contributed by atoms with Crippen LogP contribution in [0.2, 0.25) is 0 Å². The van der Waals surface area contributed by atoms with Crippen LogP contribution in [0.3, 0.4) is 0 Å². The zero-order valence-corrected chi connectivity index (χ0v) is 33.9. The minimum atomic E-state index is -4.38. The molecule has 302 valence electrons. The number of allylic oxidation sites excluding steroid dienone is 8. The predicted octanol–water partition coefficient (Wildman–Crippen LogP) is 11.6. The molecule has 9 nitrogen and oxygen atoms in total. The number of hydrogen-bond donors (Lipinski definition) is 2. The maximum absolute atomic E-state index is 12.6. The van der Waals surface area contributed by atoms with Crippen molar-refractivity contribution < 1.29 is 37.6 Å². The molecule has 0 aliphatic rings. The molecule has 52 heavy (non-hydrogen) atoms. The summed E-state index contributed by atoms with van der Waals surface area (Å²) in [4.78, 5) is 34.8. The molecule has 0 radical (unpaired) electrons. The first-order chi connectivity index (χ1) is 25.3. The molecule has 0 rings (SSSR count). The van der Waals surface area contributed by atoms with Gasteiger partial charge in [0.2, 0.25) is 0 Å². The molecule has 0 saturated carbocycles. The highest BCUT2D eigenvalue weighted by atomic mass is 31.2. The van der Waals surface area contributed by atoms with Crippen LogP contribution in [0.5, 0.6) is 0 Å². The van der Waals surface area contributed by atoms with E-state index in [9.17, 15) is 19.0 Å². The average Bonchev–Trinajstić information content (AvgIpc) is 3.13. The Morgan fingerprint density at radius 2 is 1.00 bits per heavy atom. The Hall–Kier alpha value is -2.03. The van der Waals surface area contributed by atoms with E-state index in [1.165, 1.54) is 64.2 Å². The topological polar surface area (TPSA) is 134 Å². The van der Waals surface area contributed by atoms with Crippen molar-refractivity contribution in [1.82, 2.24) is 0 Å². The van der Waals surface area contributed by atoms with Crippen molar-refractivity contribution in [2.45, 2.75) is 180 Å². The van der Waals surface area contributed by atoms with Crippen molar-refractivity contribution in [2.24, 2.45) is 5.73 Å². The first-order valence-corrected chi connectivity index (χ1v) is 22.1. The van der Waals surface area contributed by atoms with Crippen molar-refractivity contribution in [3.63, 3.8) is 0 Å². The van der Waals surface area contributed by atoms with Gasteiger partial charge in [0.1, 0.15) is 6.61 Å². The standard InChI is InChI=1S/C42H76NO8P/c1-3-5-7-9-11-13-15-17-19-20-21-23-25-27-29-31-33-35-42(45)51-40(39-50-52(46,47)49-37-36-43)38-48-41(44)34-32-30-28-26-24-22-18-16-14-12-10-8-6-4-2/h11,13,16-19,21,23,40H,3-10,12,14-15,20,22,24-39,43H2,1-2H3,(H,46,47)/b13-11+,18-16+,19-17+,23-21+/t40-/m1/s1. The third-order valence-corrected chi connectivity index (χ3v) is 9.42. The number of unbranched alkanes of at least 4 members (excludes halogenated alkanes) is 17. The van der Waals surface area contributed by atoms with Crippen LogP contribution in [0.15, 0.2) is 48.6 Å². The molecule has 0 aromatic carbocycles. The molecule has 0 amide bonds. The second kappa shape index (κ2) is 38.7. The number of carbonyl (C=O) groups excluding carboxylic acids is 2. The molecule has 2 atom stereocenters. The lowest BCUT2D eigenvalue weighted by Gasteiger charge is -2.19. The zero-order chi connectivity index (χ0) is 38.2. The second-order valence-corrected chi connectivity index (χ2v) is 14.9. The third kappa shape index (κ3) is 37.7. The summed E-state index contributed by atoms with van der Waals surface area (Å²) >= 11 is 0. The minimum absolute atomic E-state index is 0.0469. The number of carbonyl (C=O) groups is 2. The molecule has 0 aliphatic carbocycles. The molecule has 0 fully saturated rings. The highest BCUT2D eigenvalue weighted by molar-refractivity contribution is 7.47. The molecule has 10 heteroatoms. The quantitative estimate of drug-likeness (QED) is 0.0273. The largest absolute Gasteiger partial charge is 0.472 e. The van der Waals surface area contributed by atoms with Gasteiger partial charge in [0.15, 0.2) is 6.10 Å². The van der Waals surface area contributed by atoms with Gasteiger partial charge in [0.25, 0.3) is 0 Å². The van der Waals surface area contributed by atoms with Crippen molar-refractivity contribution in [2.75, 3.05) is 26.4 Å². The molecule has 0 aromatic heterocycles. The first-order valence-electron chi connectivity index (χ1n) is 20.6. The summed E-state index contributed by atoms with van der Waals surface area (Å²) in [6.45, 7) is 3.65. The van der Waals surface area contributed by atoms with Gasteiger partial charge in [-0.05, 0) is 77.0 Å². The normalized spacial score (nSPS) is 13.8. The van der Waals surface area contributed by atoms with E-state index in [0.717, 1.165) is 77.0 Å². The number of phosphoric ester groups is 1. The van der Waals surface area contributed by atoms with Crippen LogP contribution in [-0.4, -0.2) is 49.3 Å². The van der Waals surface area contributed by atoms with Crippen LogP contribution in [-0.2, 0) is 32.7 Å². The Morgan fingerprint density at radius 3 is 1.54 bits per heavy atom. The van der Waals surface area contributed by atoms with Crippen LogP contribution in [0, 0.1) is 0 Å². The lowest BCUT2D eigenvalue weighted by Crippen LogP contribution is -2.29. The predicted molar refractivity (Wildman–Crippen MR) is 215 cm³/mol. The Labute approximate surface area is 317 Å². The number of phosphoric acid groups is 1. The number of ether oxygens (including phenoxy) is 2. The number of nitrogens with two attached hydrogens (primary N) is 1. The summed E-state index contributed by atoms with van der Waals surface area (Å²) in [6.07, 6.45) is 42.8. The van der Waals surface area contributed by atoms with Gasteiger partial charge >= 0.3 is 19.8 Å². The van der Waals surface area contributed by atoms with E-state index < -0.39 is 32.5 Å². The maximum Gasteiger partial charge on any atom is 0.472 e. The molecule has 3 N–H and O–H groups in total. The highest BCUT2D eigenvalue weighted by Gasteiger charge is 2.25. The van der Waals surface area contributed by atoms with Gasteiger partial charge in [-0.25, -0.2) is 4.57 Å². The van der Waals surface area contributed by atoms with Crippen molar-refractivity contribution in [1.29, 1.82) is 0 Å². The third-order valence-electron chi connectivity index (χ3n) is 8.44. The number of hydrogen-bond acceptors (Lipinski definition) is 8. The van der Waals surface area contributed by atoms with Crippen LogP contribution in [0.4, 0.5) is 0 Å². The maximum atomic E-state index is 12.6. The molecular weight excluding hydrogens is 677 g/mol. The molecule has 0 aliphatic heterocycles. The number of rotatable bonds is 38. The smallest absolute Gasteiger partial charge is 0.462 e. The Morgan fingerprint density at radius 1 is 0.577 bits per heavy atom. The fourth-order valence-electron chi connectivity index (χ4n) is 5.34. The van der Waals surface area contributed by atoms with Crippen LogP contribution >= 0.6 is 7.82 Å². The fraction of sp³-hybridized carbons (Fsp3) is 0.762. The van der Waals surface area contributed by atoms with Gasteiger partial charge in [-0.2, -0.15) is 0 Å². The summed E-state index contributed by atoms with van der Waals surface area (Å²) in [5.74, 6) is -0.866. The monoisotopic (exact) mass is 754 g/mol. The Kier molecular flexibility index (Phi) is 37.2. The molecular formula is C42H76NO8P. The summed E-state index contributed by atoms with van der Waals surface area (Å²) in [7, 11) is -4.38. The van der Waals surface area contributed by atoms with E-state index in [1.54, 1.807) is 0 Å². The van der Waals surface area contributed by atoms with Gasteiger partial charge in [0, 0.05) is 19.4 Å². The van der Waals surface area contributed by atoms with Crippen LogP contribution < -0.4 is 5.73 Å². The SMILES string of the molecule is CCCCC/C=C/C/C=C/C/C=C/CCCCCCC(=O)O[C@H](COC(=O)CCCCCCC/C=C/CCCCCCC)COP(=O)(O)OCCN. The molecule has 0 heterocycles. The van der Waals surface area contributed by atoms with Crippen molar-refractivity contribution in [3.8, 4) is 0 Å². The molecule has 0 saturated heterocycles. The van der Waals surface area contributed by atoms with E-state index in [4.69, 9.17) is 24.3 Å². The molecule has 1 unspecified atom stereocenters. The van der Waals surface area contributed by atoms with Gasteiger partial charge in [-0.15, -0.1) is 0 Å². The summed E-state index contributed by atoms with van der Waals surface area (Å²) in [5, 5.41) is 0. The van der Waals surface area contributed by atoms with E-state index >= 15 is 0 Å². The number of esters is 2. The van der Waals surface area contributed by atoms with Gasteiger partial charge < -0.3 is 20.1 Å². The van der Waals surface area contributed by atoms with E-state index in [-0.39, 0.29) is 32.6 Å². The summed E-state index contributed by atoms with van der Waals surface area (Å²) < 4.78 is 32.7. The van der Waals surface area contributed by atoms with E-state index in [2.05, 4.69) is 62.5 Å². The fourth-order valence-corrected chi connectivity index (χ4v) is 6.11. The van der Waals surface area contributed by atoms with Gasteiger partial charge in [-0.1, -0.05) is 133 Å². The van der Waals surface area contributed by atoms with Gasteiger partial charge in [0.05, 0.1) is 13.2 Å².